The van der Waals surface area contributed by atoms with Gasteiger partial charge in [0.15, 0.2) is 0 Å². The maximum absolute atomic E-state index is 11.8. The molecule has 4 bridgehead atoms. The average Bonchev–Trinajstić information content (AvgIpc) is 2.35. The van der Waals surface area contributed by atoms with E-state index in [4.69, 9.17) is 5.73 Å². The van der Waals surface area contributed by atoms with Crippen molar-refractivity contribution in [2.75, 3.05) is 13.6 Å². The van der Waals surface area contributed by atoms with E-state index in [-0.39, 0.29) is 12.5 Å². The van der Waals surface area contributed by atoms with Crippen molar-refractivity contribution in [3.63, 3.8) is 0 Å². The molecule has 4 fully saturated rings. The van der Waals surface area contributed by atoms with E-state index in [1.807, 2.05) is 11.9 Å². The van der Waals surface area contributed by atoms with Gasteiger partial charge < -0.3 is 10.6 Å². The molecule has 0 spiro atoms. The van der Waals surface area contributed by atoms with E-state index in [1.165, 1.54) is 32.1 Å². The van der Waals surface area contributed by atoms with Gasteiger partial charge in [0, 0.05) is 13.1 Å². The van der Waals surface area contributed by atoms with Gasteiger partial charge in [0.1, 0.15) is 0 Å². The number of nitrogens with zero attached hydrogens (tertiary/aromatic N) is 1. The number of amides is 1. The number of nitrogens with two attached hydrogens (primary N) is 1. The zero-order valence-electron chi connectivity index (χ0n) is 11.6. The molecule has 102 valence electrons. The monoisotopic (exact) mass is 250 g/mol. The van der Waals surface area contributed by atoms with Gasteiger partial charge in [-0.05, 0) is 68.6 Å². The van der Waals surface area contributed by atoms with E-state index in [0.29, 0.717) is 6.04 Å². The number of carbonyl (C=O) groups is 1. The second-order valence-electron chi connectivity index (χ2n) is 6.96. The first-order valence-electron chi connectivity index (χ1n) is 7.55. The molecule has 0 aromatic rings. The summed E-state index contributed by atoms with van der Waals surface area (Å²) in [6, 6.07) is 0.371. The van der Waals surface area contributed by atoms with Crippen LogP contribution in [-0.4, -0.2) is 30.4 Å². The first kappa shape index (κ1) is 12.5. The van der Waals surface area contributed by atoms with Crippen LogP contribution < -0.4 is 5.73 Å². The Balaban J connectivity index is 1.74. The van der Waals surface area contributed by atoms with Gasteiger partial charge in [-0.25, -0.2) is 0 Å². The molecule has 0 heterocycles. The van der Waals surface area contributed by atoms with Gasteiger partial charge in [-0.3, -0.25) is 4.79 Å². The predicted molar refractivity (Wildman–Crippen MR) is 71.8 cm³/mol. The summed E-state index contributed by atoms with van der Waals surface area (Å²) in [6.07, 6.45) is 7.18. The summed E-state index contributed by atoms with van der Waals surface area (Å²) in [6.45, 7) is 2.38. The number of hydrogen-bond acceptors (Lipinski definition) is 2. The van der Waals surface area contributed by atoms with Crippen molar-refractivity contribution in [3.05, 3.63) is 0 Å². The molecule has 4 saturated carbocycles. The smallest absolute Gasteiger partial charge is 0.236 e. The molecule has 4 rings (SSSR count). The van der Waals surface area contributed by atoms with Crippen LogP contribution >= 0.6 is 0 Å². The highest BCUT2D eigenvalue weighted by Gasteiger charge is 2.50. The molecule has 0 saturated heterocycles. The Labute approximate surface area is 110 Å². The van der Waals surface area contributed by atoms with E-state index < -0.39 is 0 Å². The highest BCUT2D eigenvalue weighted by Crippen LogP contribution is 2.57. The normalized spacial score (nSPS) is 42.9. The molecular weight excluding hydrogens is 224 g/mol. The minimum Gasteiger partial charge on any atom is -0.342 e. The molecular formula is C15H26N2O. The van der Waals surface area contributed by atoms with E-state index in [0.717, 1.165) is 29.6 Å². The van der Waals surface area contributed by atoms with E-state index in [9.17, 15) is 4.79 Å². The summed E-state index contributed by atoms with van der Waals surface area (Å²) in [5.74, 6) is 4.60. The Morgan fingerprint density at radius 3 is 2.11 bits per heavy atom. The number of rotatable bonds is 3. The Morgan fingerprint density at radius 2 is 1.67 bits per heavy atom. The molecule has 4 aliphatic carbocycles. The van der Waals surface area contributed by atoms with E-state index >= 15 is 0 Å². The Hall–Kier alpha value is -0.570. The predicted octanol–water partition coefficient (Wildman–Crippen LogP) is 1.86. The first-order chi connectivity index (χ1) is 8.60. The van der Waals surface area contributed by atoms with Gasteiger partial charge in [0.05, 0.1) is 6.54 Å². The fraction of sp³-hybridized carbons (Fsp3) is 0.933. The maximum atomic E-state index is 11.8. The second kappa shape index (κ2) is 4.52. The SMILES string of the molecule is CC(C1C2CC3CC(C2)CC1C3)N(C)C(=O)CN. The quantitative estimate of drug-likeness (QED) is 0.831. The Morgan fingerprint density at radius 1 is 1.17 bits per heavy atom. The van der Waals surface area contributed by atoms with Crippen LogP contribution in [0.3, 0.4) is 0 Å². The van der Waals surface area contributed by atoms with Crippen LogP contribution in [-0.2, 0) is 4.79 Å². The topological polar surface area (TPSA) is 46.3 Å². The molecule has 1 unspecified atom stereocenters. The molecule has 4 aliphatic rings. The number of carbonyl (C=O) groups excluding carboxylic acids is 1. The van der Waals surface area contributed by atoms with Gasteiger partial charge in [-0.1, -0.05) is 0 Å². The van der Waals surface area contributed by atoms with Gasteiger partial charge in [0.2, 0.25) is 5.91 Å². The lowest BCUT2D eigenvalue weighted by Crippen LogP contribution is -2.54. The van der Waals surface area contributed by atoms with Crippen LogP contribution in [0.5, 0.6) is 0 Å². The van der Waals surface area contributed by atoms with Crippen LogP contribution in [0.4, 0.5) is 0 Å². The molecule has 3 heteroatoms. The minimum atomic E-state index is 0.0938. The van der Waals surface area contributed by atoms with Crippen LogP contribution in [0.25, 0.3) is 0 Å². The Bertz CT molecular complexity index is 313. The van der Waals surface area contributed by atoms with Crippen LogP contribution in [0.15, 0.2) is 0 Å². The maximum Gasteiger partial charge on any atom is 0.236 e. The van der Waals surface area contributed by atoms with Crippen LogP contribution in [0.2, 0.25) is 0 Å². The lowest BCUT2D eigenvalue weighted by molar-refractivity contribution is -0.135. The van der Waals surface area contributed by atoms with Crippen molar-refractivity contribution >= 4 is 5.91 Å². The number of hydrogen-bond donors (Lipinski definition) is 1. The Kier molecular flexibility index (Phi) is 3.13. The third-order valence-electron chi connectivity index (χ3n) is 6.04. The molecule has 18 heavy (non-hydrogen) atoms. The summed E-state index contributed by atoms with van der Waals surface area (Å²) in [4.78, 5) is 13.7. The lowest BCUT2D eigenvalue weighted by Gasteiger charge is -2.57. The van der Waals surface area contributed by atoms with Gasteiger partial charge in [-0.15, -0.1) is 0 Å². The number of likely N-dealkylation sites (N-methyl/N-ethyl adjacent to an activating group) is 1. The first-order valence-corrected chi connectivity index (χ1v) is 7.55. The molecule has 0 aliphatic heterocycles. The van der Waals surface area contributed by atoms with Crippen molar-refractivity contribution in [3.8, 4) is 0 Å². The molecule has 0 aromatic heterocycles. The van der Waals surface area contributed by atoms with E-state index in [1.54, 1.807) is 0 Å². The summed E-state index contributed by atoms with van der Waals surface area (Å²) < 4.78 is 0. The summed E-state index contributed by atoms with van der Waals surface area (Å²) >= 11 is 0. The van der Waals surface area contributed by atoms with E-state index in [2.05, 4.69) is 6.92 Å². The summed E-state index contributed by atoms with van der Waals surface area (Å²) in [7, 11) is 1.94. The second-order valence-corrected chi connectivity index (χ2v) is 6.96. The highest BCUT2D eigenvalue weighted by atomic mass is 16.2. The van der Waals surface area contributed by atoms with Crippen LogP contribution in [0.1, 0.15) is 39.0 Å². The lowest BCUT2D eigenvalue weighted by atomic mass is 9.50. The van der Waals surface area contributed by atoms with Crippen molar-refractivity contribution in [2.24, 2.45) is 35.3 Å². The molecule has 1 atom stereocenters. The molecule has 2 N–H and O–H groups in total. The van der Waals surface area contributed by atoms with Crippen molar-refractivity contribution in [1.82, 2.24) is 4.90 Å². The highest BCUT2D eigenvalue weighted by molar-refractivity contribution is 5.78. The molecule has 1 amide bonds. The van der Waals surface area contributed by atoms with Crippen molar-refractivity contribution in [2.45, 2.75) is 45.1 Å². The fourth-order valence-electron chi connectivity index (χ4n) is 5.38. The zero-order chi connectivity index (χ0) is 12.9. The fourth-order valence-corrected chi connectivity index (χ4v) is 5.38. The third kappa shape index (κ3) is 1.87. The average molecular weight is 250 g/mol. The third-order valence-corrected chi connectivity index (χ3v) is 6.04. The van der Waals surface area contributed by atoms with Gasteiger partial charge >= 0.3 is 0 Å². The van der Waals surface area contributed by atoms with Crippen molar-refractivity contribution in [1.29, 1.82) is 0 Å². The summed E-state index contributed by atoms with van der Waals surface area (Å²) in [5, 5.41) is 0. The largest absolute Gasteiger partial charge is 0.342 e. The van der Waals surface area contributed by atoms with Gasteiger partial charge in [0.25, 0.3) is 0 Å². The summed E-state index contributed by atoms with van der Waals surface area (Å²) in [5.41, 5.74) is 5.49. The molecule has 3 nitrogen and oxygen atoms in total. The van der Waals surface area contributed by atoms with Crippen molar-refractivity contribution < 1.29 is 4.79 Å². The molecule has 0 aromatic carbocycles. The molecule has 0 radical (unpaired) electrons. The van der Waals surface area contributed by atoms with Gasteiger partial charge in [-0.2, -0.15) is 0 Å². The minimum absolute atomic E-state index is 0.0938. The standard InChI is InChI=1S/C15H26N2O/c1-9(17(2)14(18)8-16)15-12-4-10-3-11(6-12)7-13(15)5-10/h9-13,15H,3-8,16H2,1-2H3. The zero-order valence-corrected chi connectivity index (χ0v) is 11.6. The van der Waals surface area contributed by atoms with Crippen LogP contribution in [0, 0.1) is 29.6 Å².